The van der Waals surface area contributed by atoms with E-state index in [1.54, 1.807) is 12.1 Å². The number of carbonyl (C=O) groups excluding carboxylic acids is 1. The molecular formula is C14H20N2O3. The zero-order valence-electron chi connectivity index (χ0n) is 11.2. The minimum atomic E-state index is -1.02. The molecule has 0 aliphatic rings. The monoisotopic (exact) mass is 264 g/mol. The van der Waals surface area contributed by atoms with Gasteiger partial charge in [0, 0.05) is 12.2 Å². The Kier molecular flexibility index (Phi) is 5.51. The maximum atomic E-state index is 12.0. The molecule has 0 saturated carbocycles. The van der Waals surface area contributed by atoms with Crippen LogP contribution in [0.1, 0.15) is 30.6 Å². The van der Waals surface area contributed by atoms with Crippen LogP contribution in [-0.4, -0.2) is 23.5 Å². The van der Waals surface area contributed by atoms with Crippen LogP contribution in [-0.2, 0) is 4.79 Å². The van der Waals surface area contributed by atoms with E-state index >= 15 is 0 Å². The summed E-state index contributed by atoms with van der Waals surface area (Å²) in [6.45, 7) is 4.34. The predicted octanol–water partition coefficient (Wildman–Crippen LogP) is 1.94. The molecule has 1 unspecified atom stereocenters. The van der Waals surface area contributed by atoms with Crippen LogP contribution >= 0.6 is 0 Å². The molecule has 19 heavy (non-hydrogen) atoms. The summed E-state index contributed by atoms with van der Waals surface area (Å²) in [5, 5.41) is 11.6. The molecule has 1 atom stereocenters. The van der Waals surface area contributed by atoms with Crippen molar-refractivity contribution in [3.05, 3.63) is 29.8 Å². The second-order valence-electron chi connectivity index (χ2n) is 4.94. The van der Waals surface area contributed by atoms with Crippen LogP contribution in [0.5, 0.6) is 0 Å². The van der Waals surface area contributed by atoms with Crippen LogP contribution in [0.4, 0.5) is 5.69 Å². The van der Waals surface area contributed by atoms with E-state index in [1.165, 1.54) is 12.1 Å². The van der Waals surface area contributed by atoms with Crippen molar-refractivity contribution < 1.29 is 14.7 Å². The van der Waals surface area contributed by atoms with E-state index < -0.39 is 5.97 Å². The largest absolute Gasteiger partial charge is 0.478 e. The molecule has 0 heterocycles. The van der Waals surface area contributed by atoms with Crippen LogP contribution < -0.4 is 11.1 Å². The average Bonchev–Trinajstić information content (AvgIpc) is 2.35. The average molecular weight is 264 g/mol. The second kappa shape index (κ2) is 6.89. The lowest BCUT2D eigenvalue weighted by Gasteiger charge is -2.16. The Balaban J connectivity index is 2.75. The number of benzene rings is 1. The van der Waals surface area contributed by atoms with Crippen LogP contribution in [0.3, 0.4) is 0 Å². The fourth-order valence-corrected chi connectivity index (χ4v) is 1.85. The quantitative estimate of drug-likeness (QED) is 0.732. The Morgan fingerprint density at radius 2 is 2.05 bits per heavy atom. The lowest BCUT2D eigenvalue weighted by Crippen LogP contribution is -2.30. The third kappa shape index (κ3) is 4.71. The van der Waals surface area contributed by atoms with E-state index in [4.69, 9.17) is 10.8 Å². The maximum absolute atomic E-state index is 12.0. The summed E-state index contributed by atoms with van der Waals surface area (Å²) in [5.74, 6) is -1.06. The highest BCUT2D eigenvalue weighted by Gasteiger charge is 2.18. The van der Waals surface area contributed by atoms with E-state index in [0.717, 1.165) is 0 Å². The molecule has 1 amide bonds. The van der Waals surface area contributed by atoms with Crippen molar-refractivity contribution in [2.24, 2.45) is 17.6 Å². The summed E-state index contributed by atoms with van der Waals surface area (Å²) in [7, 11) is 0. The van der Waals surface area contributed by atoms with Crippen molar-refractivity contribution in [3.8, 4) is 0 Å². The summed E-state index contributed by atoms with van der Waals surface area (Å²) in [5.41, 5.74) is 6.22. The molecule has 0 radical (unpaired) electrons. The van der Waals surface area contributed by atoms with Gasteiger partial charge in [0.1, 0.15) is 0 Å². The molecule has 0 bridgehead atoms. The van der Waals surface area contributed by atoms with Crippen LogP contribution in [0.2, 0.25) is 0 Å². The minimum Gasteiger partial charge on any atom is -0.478 e. The van der Waals surface area contributed by atoms with E-state index in [9.17, 15) is 9.59 Å². The molecular weight excluding hydrogens is 244 g/mol. The van der Waals surface area contributed by atoms with Crippen molar-refractivity contribution in [2.75, 3.05) is 11.9 Å². The van der Waals surface area contributed by atoms with Gasteiger partial charge < -0.3 is 16.2 Å². The van der Waals surface area contributed by atoms with Gasteiger partial charge in [-0.1, -0.05) is 19.9 Å². The molecule has 0 fully saturated rings. The number of carboxylic acids is 1. The molecule has 5 heteroatoms. The Labute approximate surface area is 112 Å². The van der Waals surface area contributed by atoms with Crippen LogP contribution in [0.25, 0.3) is 0 Å². The normalized spacial score (nSPS) is 12.2. The zero-order valence-corrected chi connectivity index (χ0v) is 11.2. The van der Waals surface area contributed by atoms with E-state index in [1.807, 2.05) is 13.8 Å². The van der Waals surface area contributed by atoms with Crippen molar-refractivity contribution in [3.63, 3.8) is 0 Å². The van der Waals surface area contributed by atoms with Crippen LogP contribution in [0.15, 0.2) is 24.3 Å². The number of hydrogen-bond donors (Lipinski definition) is 3. The van der Waals surface area contributed by atoms with Crippen molar-refractivity contribution >= 4 is 17.6 Å². The number of hydrogen-bond acceptors (Lipinski definition) is 3. The smallest absolute Gasteiger partial charge is 0.335 e. The lowest BCUT2D eigenvalue weighted by atomic mass is 9.96. The number of carboxylic acid groups (broad SMARTS) is 1. The third-order valence-electron chi connectivity index (χ3n) is 2.79. The first-order valence-electron chi connectivity index (χ1n) is 6.28. The highest BCUT2D eigenvalue weighted by Crippen LogP contribution is 2.15. The Morgan fingerprint density at radius 3 is 2.58 bits per heavy atom. The van der Waals surface area contributed by atoms with E-state index in [2.05, 4.69) is 5.32 Å². The molecule has 1 aromatic carbocycles. The second-order valence-corrected chi connectivity index (χ2v) is 4.94. The highest BCUT2D eigenvalue weighted by atomic mass is 16.4. The lowest BCUT2D eigenvalue weighted by molar-refractivity contribution is -0.120. The Hall–Kier alpha value is -1.88. The van der Waals surface area contributed by atoms with Gasteiger partial charge in [-0.3, -0.25) is 4.79 Å². The van der Waals surface area contributed by atoms with Crippen molar-refractivity contribution in [1.29, 1.82) is 0 Å². The summed E-state index contributed by atoms with van der Waals surface area (Å²) < 4.78 is 0. The molecule has 0 aromatic heterocycles. The number of nitrogens with one attached hydrogen (secondary N) is 1. The summed E-state index contributed by atoms with van der Waals surface area (Å²) in [6.07, 6.45) is 0.709. The van der Waals surface area contributed by atoms with Gasteiger partial charge in [-0.15, -0.1) is 0 Å². The number of rotatable bonds is 6. The van der Waals surface area contributed by atoms with E-state index in [-0.39, 0.29) is 23.9 Å². The highest BCUT2D eigenvalue weighted by molar-refractivity contribution is 5.95. The minimum absolute atomic E-state index is 0.144. The topological polar surface area (TPSA) is 92.4 Å². The van der Waals surface area contributed by atoms with E-state index in [0.29, 0.717) is 18.0 Å². The SMILES string of the molecule is CC(C)CC(CN)C(=O)Nc1cccc(C(=O)O)c1. The zero-order chi connectivity index (χ0) is 14.4. The Bertz CT molecular complexity index is 458. The van der Waals surface area contributed by atoms with Crippen molar-refractivity contribution in [2.45, 2.75) is 20.3 Å². The van der Waals surface area contributed by atoms with Crippen LogP contribution in [0, 0.1) is 11.8 Å². The van der Waals surface area contributed by atoms with Gasteiger partial charge in [-0.05, 0) is 30.5 Å². The molecule has 104 valence electrons. The first kappa shape index (κ1) is 15.2. The fraction of sp³-hybridized carbons (Fsp3) is 0.429. The molecule has 4 N–H and O–H groups in total. The summed E-state index contributed by atoms with van der Waals surface area (Å²) >= 11 is 0. The van der Waals surface area contributed by atoms with Crippen molar-refractivity contribution in [1.82, 2.24) is 0 Å². The number of aromatic carboxylic acids is 1. The van der Waals surface area contributed by atoms with Gasteiger partial charge >= 0.3 is 5.97 Å². The molecule has 0 aliphatic carbocycles. The first-order chi connectivity index (χ1) is 8.93. The molecule has 1 rings (SSSR count). The number of anilines is 1. The predicted molar refractivity (Wildman–Crippen MR) is 74.0 cm³/mol. The third-order valence-corrected chi connectivity index (χ3v) is 2.79. The molecule has 0 spiro atoms. The molecule has 1 aromatic rings. The van der Waals surface area contributed by atoms with Gasteiger partial charge in [0.25, 0.3) is 0 Å². The molecule has 5 nitrogen and oxygen atoms in total. The Morgan fingerprint density at radius 1 is 1.37 bits per heavy atom. The number of amides is 1. The first-order valence-corrected chi connectivity index (χ1v) is 6.28. The van der Waals surface area contributed by atoms with Gasteiger partial charge in [-0.2, -0.15) is 0 Å². The number of nitrogens with two attached hydrogens (primary N) is 1. The standard InChI is InChI=1S/C14H20N2O3/c1-9(2)6-11(8-15)13(17)16-12-5-3-4-10(7-12)14(18)19/h3-5,7,9,11H,6,8,15H2,1-2H3,(H,16,17)(H,18,19). The van der Waals surface area contributed by atoms with Gasteiger partial charge in [0.15, 0.2) is 0 Å². The van der Waals surface area contributed by atoms with Gasteiger partial charge in [0.05, 0.1) is 11.5 Å². The van der Waals surface area contributed by atoms with Gasteiger partial charge in [-0.25, -0.2) is 4.79 Å². The summed E-state index contributed by atoms with van der Waals surface area (Å²) in [6, 6.07) is 6.17. The summed E-state index contributed by atoms with van der Waals surface area (Å²) in [4.78, 5) is 22.9. The molecule has 0 aliphatic heterocycles. The number of carbonyl (C=O) groups is 2. The maximum Gasteiger partial charge on any atom is 0.335 e. The van der Waals surface area contributed by atoms with Gasteiger partial charge in [0.2, 0.25) is 5.91 Å². The fourth-order valence-electron chi connectivity index (χ4n) is 1.85. The molecule has 0 saturated heterocycles.